The number of unbranched alkanes of at least 4 members (excludes halogenated alkanes) is 1. The molecule has 20 heavy (non-hydrogen) atoms. The lowest BCUT2D eigenvalue weighted by atomic mass is 10.1. The molecule has 110 valence electrons. The van der Waals surface area contributed by atoms with Gasteiger partial charge in [0.2, 0.25) is 0 Å². The summed E-state index contributed by atoms with van der Waals surface area (Å²) < 4.78 is 11.5. The maximum atomic E-state index is 12.5. The molecule has 2 rings (SSSR count). The van der Waals surface area contributed by atoms with Crippen LogP contribution in [0, 0.1) is 0 Å². The Bertz CT molecular complexity index is 487. The summed E-state index contributed by atoms with van der Waals surface area (Å²) >= 11 is 0. The second-order valence-electron chi connectivity index (χ2n) is 5.50. The highest BCUT2D eigenvalue weighted by Crippen LogP contribution is 2.35. The third-order valence-electron chi connectivity index (χ3n) is 4.02. The molecule has 0 aromatic heterocycles. The van der Waals surface area contributed by atoms with Crippen LogP contribution >= 0.6 is 0 Å². The number of carbonyl (C=O) groups is 1. The van der Waals surface area contributed by atoms with Crippen molar-refractivity contribution in [3.8, 4) is 11.5 Å². The molecule has 0 fully saturated rings. The van der Waals surface area contributed by atoms with Crippen molar-refractivity contribution in [2.45, 2.75) is 33.1 Å². The summed E-state index contributed by atoms with van der Waals surface area (Å²) in [7, 11) is 1.93. The first-order valence-electron chi connectivity index (χ1n) is 7.42. The number of fused-ring (bicyclic) bond motifs is 1. The molecule has 0 radical (unpaired) electrons. The smallest absolute Gasteiger partial charge is 0.489 e. The Morgan fingerprint density at radius 3 is 2.90 bits per heavy atom. The summed E-state index contributed by atoms with van der Waals surface area (Å²) in [6, 6.07) is 5.74. The molecular formula is C16H24NO3+. The molecule has 0 spiro atoms. The van der Waals surface area contributed by atoms with Crippen molar-refractivity contribution in [1.82, 2.24) is 0 Å². The summed E-state index contributed by atoms with van der Waals surface area (Å²) in [6.07, 6.45) is 2.77. The van der Waals surface area contributed by atoms with Gasteiger partial charge in [-0.2, -0.15) is 4.79 Å². The summed E-state index contributed by atoms with van der Waals surface area (Å²) in [5.74, 6) is 1.29. The van der Waals surface area contributed by atoms with Crippen LogP contribution in [0.2, 0.25) is 0 Å². The first kappa shape index (κ1) is 14.9. The van der Waals surface area contributed by atoms with E-state index < -0.39 is 0 Å². The van der Waals surface area contributed by atoms with Gasteiger partial charge < -0.3 is 9.47 Å². The zero-order chi connectivity index (χ0) is 14.6. The lowest BCUT2D eigenvalue weighted by Gasteiger charge is -2.28. The summed E-state index contributed by atoms with van der Waals surface area (Å²) in [5, 5.41) is 0. The first-order valence-corrected chi connectivity index (χ1v) is 7.42. The molecule has 0 saturated heterocycles. The van der Waals surface area contributed by atoms with E-state index in [1.165, 1.54) is 0 Å². The van der Waals surface area contributed by atoms with Crippen LogP contribution in [0.3, 0.4) is 0 Å². The van der Waals surface area contributed by atoms with Gasteiger partial charge in [-0.25, -0.2) is 4.48 Å². The Morgan fingerprint density at radius 1 is 1.40 bits per heavy atom. The van der Waals surface area contributed by atoms with Crippen LogP contribution in [0.15, 0.2) is 18.2 Å². The van der Waals surface area contributed by atoms with Gasteiger partial charge in [0.25, 0.3) is 0 Å². The van der Waals surface area contributed by atoms with Crippen LogP contribution in [-0.4, -0.2) is 37.3 Å². The largest absolute Gasteiger partial charge is 0.521 e. The second kappa shape index (κ2) is 6.27. The van der Waals surface area contributed by atoms with Gasteiger partial charge in [-0.3, -0.25) is 0 Å². The second-order valence-corrected chi connectivity index (χ2v) is 5.50. The van der Waals surface area contributed by atoms with E-state index in [4.69, 9.17) is 9.47 Å². The minimum atomic E-state index is -0.204. The Kier molecular flexibility index (Phi) is 4.65. The van der Waals surface area contributed by atoms with Crippen LogP contribution in [0.5, 0.6) is 11.5 Å². The molecule has 1 aliphatic heterocycles. The fraction of sp³-hybridized carbons (Fsp3) is 0.562. The molecule has 4 heteroatoms. The van der Waals surface area contributed by atoms with Crippen molar-refractivity contribution in [2.75, 3.05) is 26.7 Å². The van der Waals surface area contributed by atoms with E-state index in [9.17, 15) is 4.79 Å². The van der Waals surface area contributed by atoms with Crippen molar-refractivity contribution in [3.05, 3.63) is 23.8 Å². The van der Waals surface area contributed by atoms with Crippen molar-refractivity contribution in [1.29, 1.82) is 0 Å². The molecule has 1 aromatic rings. The maximum absolute atomic E-state index is 12.5. The fourth-order valence-corrected chi connectivity index (χ4v) is 2.36. The predicted octanol–water partition coefficient (Wildman–Crippen LogP) is 3.39. The zero-order valence-corrected chi connectivity index (χ0v) is 12.6. The molecule has 1 heterocycles. The summed E-state index contributed by atoms with van der Waals surface area (Å²) in [4.78, 5) is 12.5. The van der Waals surface area contributed by atoms with Gasteiger partial charge >= 0.3 is 6.09 Å². The van der Waals surface area contributed by atoms with Gasteiger partial charge in [-0.1, -0.05) is 25.5 Å². The van der Waals surface area contributed by atoms with Crippen molar-refractivity contribution in [2.24, 2.45) is 0 Å². The molecule has 1 aromatic carbocycles. The lowest BCUT2D eigenvalue weighted by Crippen LogP contribution is -2.51. The Morgan fingerprint density at radius 2 is 2.20 bits per heavy atom. The number of hydrogen-bond acceptors (Lipinski definition) is 3. The number of para-hydroxylation sites is 1. The average Bonchev–Trinajstić information content (AvgIpc) is 2.94. The quantitative estimate of drug-likeness (QED) is 0.774. The highest BCUT2D eigenvalue weighted by Gasteiger charge is 2.33. The molecule has 0 saturated carbocycles. The van der Waals surface area contributed by atoms with E-state index in [-0.39, 0.29) is 6.09 Å². The number of carbonyl (C=O) groups excluding carboxylic acids is 1. The zero-order valence-electron chi connectivity index (χ0n) is 12.6. The van der Waals surface area contributed by atoms with E-state index in [1.54, 1.807) is 0 Å². The molecule has 0 aliphatic carbocycles. The average molecular weight is 278 g/mol. The number of amides is 1. The lowest BCUT2D eigenvalue weighted by molar-refractivity contribution is -0.834. The minimum absolute atomic E-state index is 0.204. The summed E-state index contributed by atoms with van der Waals surface area (Å²) in [5.41, 5.74) is 1.12. The van der Waals surface area contributed by atoms with Gasteiger partial charge in [0.15, 0.2) is 11.5 Å². The number of benzene rings is 1. The van der Waals surface area contributed by atoms with Crippen molar-refractivity contribution in [3.63, 3.8) is 0 Å². The van der Waals surface area contributed by atoms with Crippen LogP contribution in [0.1, 0.15) is 32.3 Å². The van der Waals surface area contributed by atoms with Gasteiger partial charge in [0, 0.05) is 12.0 Å². The number of rotatable bonds is 5. The van der Waals surface area contributed by atoms with Gasteiger partial charge in [-0.05, 0) is 19.4 Å². The Labute approximate surface area is 120 Å². The van der Waals surface area contributed by atoms with Crippen LogP contribution in [-0.2, 0) is 6.42 Å². The van der Waals surface area contributed by atoms with Crippen LogP contribution in [0.25, 0.3) is 0 Å². The topological polar surface area (TPSA) is 35.5 Å². The van der Waals surface area contributed by atoms with Crippen LogP contribution < -0.4 is 9.47 Å². The number of quaternary nitrogens is 1. The summed E-state index contributed by atoms with van der Waals surface area (Å²) in [6.45, 7) is 6.35. The molecule has 1 aliphatic rings. The molecule has 0 bridgehead atoms. The fourth-order valence-electron chi connectivity index (χ4n) is 2.36. The third kappa shape index (κ3) is 2.96. The van der Waals surface area contributed by atoms with E-state index in [1.807, 2.05) is 32.2 Å². The van der Waals surface area contributed by atoms with E-state index >= 15 is 0 Å². The SMILES string of the molecule is CCCC[N+](C)(CC)C(=O)Oc1cccc2c1OCC2. The molecular weight excluding hydrogens is 254 g/mol. The molecule has 4 nitrogen and oxygen atoms in total. The normalized spacial score (nSPS) is 16.1. The number of ether oxygens (including phenoxy) is 2. The van der Waals surface area contributed by atoms with Gasteiger partial charge in [-0.15, -0.1) is 0 Å². The van der Waals surface area contributed by atoms with Crippen LogP contribution in [0.4, 0.5) is 4.79 Å². The Hall–Kier alpha value is -1.55. The monoisotopic (exact) mass is 278 g/mol. The number of nitrogens with zero attached hydrogens (tertiary/aromatic N) is 1. The molecule has 1 amide bonds. The molecule has 0 N–H and O–H groups in total. The highest BCUT2D eigenvalue weighted by atomic mass is 16.6. The van der Waals surface area contributed by atoms with Crippen molar-refractivity contribution < 1.29 is 18.8 Å². The highest BCUT2D eigenvalue weighted by molar-refractivity contribution is 5.66. The van der Waals surface area contributed by atoms with E-state index in [2.05, 4.69) is 6.92 Å². The number of hydrogen-bond donors (Lipinski definition) is 0. The first-order chi connectivity index (χ1) is 9.60. The van der Waals surface area contributed by atoms with Crippen molar-refractivity contribution >= 4 is 6.09 Å². The van der Waals surface area contributed by atoms with E-state index in [0.717, 1.165) is 43.7 Å². The van der Waals surface area contributed by atoms with Gasteiger partial charge in [0.1, 0.15) is 0 Å². The minimum Gasteiger partial charge on any atom is -0.489 e. The standard InChI is InChI=1S/C16H24NO3/c1-4-6-11-17(3,5-2)16(18)20-14-9-7-8-13-10-12-19-15(13)14/h7-9H,4-6,10-12H2,1-3H3/q+1. The molecule has 1 unspecified atom stereocenters. The third-order valence-corrected chi connectivity index (χ3v) is 4.02. The predicted molar refractivity (Wildman–Crippen MR) is 78.2 cm³/mol. The van der Waals surface area contributed by atoms with Gasteiger partial charge in [0.05, 0.1) is 26.7 Å². The molecule has 1 atom stereocenters. The maximum Gasteiger partial charge on any atom is 0.521 e. The Balaban J connectivity index is 2.13. The van der Waals surface area contributed by atoms with E-state index in [0.29, 0.717) is 16.8 Å².